The van der Waals surface area contributed by atoms with Crippen molar-refractivity contribution in [2.24, 2.45) is 0 Å². The highest BCUT2D eigenvalue weighted by molar-refractivity contribution is 9.09. The van der Waals surface area contributed by atoms with Crippen LogP contribution in [0, 0.1) is 0 Å². The number of carbonyl (C=O) groups excluding carboxylic acids is 1. The molecule has 0 aromatic carbocycles. The Morgan fingerprint density at radius 3 is 3.29 bits per heavy atom. The van der Waals surface area contributed by atoms with Gasteiger partial charge in [0, 0.05) is 12.7 Å². The van der Waals surface area contributed by atoms with Crippen LogP contribution in [0.15, 0.2) is 23.9 Å². The number of esters is 1. The molecular formula is C9H11BrN2O2. The second kappa shape index (κ2) is 3.74. The van der Waals surface area contributed by atoms with Gasteiger partial charge in [-0.1, -0.05) is 15.9 Å². The Labute approximate surface area is 90.7 Å². The van der Waals surface area contributed by atoms with Crippen LogP contribution >= 0.6 is 15.9 Å². The minimum atomic E-state index is -0.291. The Morgan fingerprint density at radius 1 is 1.79 bits per heavy atom. The second-order valence-corrected chi connectivity index (χ2v) is 4.22. The van der Waals surface area contributed by atoms with E-state index in [1.54, 1.807) is 6.08 Å². The zero-order valence-electron chi connectivity index (χ0n) is 7.74. The number of ether oxygens (including phenoxy) is 1. The van der Waals surface area contributed by atoms with Gasteiger partial charge in [-0.25, -0.2) is 4.79 Å². The molecule has 1 fully saturated rings. The molecule has 0 aromatic heterocycles. The van der Waals surface area contributed by atoms with Crippen molar-refractivity contribution < 1.29 is 9.53 Å². The Bertz CT molecular complexity index is 314. The van der Waals surface area contributed by atoms with Gasteiger partial charge in [0.25, 0.3) is 0 Å². The van der Waals surface area contributed by atoms with Crippen molar-refractivity contribution in [2.45, 2.75) is 11.1 Å². The van der Waals surface area contributed by atoms with Crippen molar-refractivity contribution in [1.82, 2.24) is 10.2 Å². The number of halogens is 1. The number of hydrogen-bond donors (Lipinski definition) is 1. The molecular weight excluding hydrogens is 248 g/mol. The highest BCUT2D eigenvalue weighted by atomic mass is 79.9. The first-order chi connectivity index (χ1) is 6.72. The summed E-state index contributed by atoms with van der Waals surface area (Å²) >= 11 is 3.52. The monoisotopic (exact) mass is 258 g/mol. The largest absolute Gasteiger partial charge is 0.465 e. The SMILES string of the molecule is COC(=O)C1=C[C@H]2NC[C@@H](Br)N2C=C1. The Hall–Kier alpha value is -0.810. The first-order valence-electron chi connectivity index (χ1n) is 4.35. The van der Waals surface area contributed by atoms with E-state index in [0.717, 1.165) is 6.54 Å². The summed E-state index contributed by atoms with van der Waals surface area (Å²) in [5.74, 6) is -0.291. The number of nitrogens with zero attached hydrogens (tertiary/aromatic N) is 1. The van der Waals surface area contributed by atoms with Crippen LogP contribution in [0.5, 0.6) is 0 Å². The van der Waals surface area contributed by atoms with Crippen molar-refractivity contribution in [1.29, 1.82) is 0 Å². The molecule has 0 radical (unpaired) electrons. The van der Waals surface area contributed by atoms with E-state index in [1.165, 1.54) is 7.11 Å². The summed E-state index contributed by atoms with van der Waals surface area (Å²) in [4.78, 5) is 13.6. The number of rotatable bonds is 1. The van der Waals surface area contributed by atoms with Gasteiger partial charge in [-0.2, -0.15) is 0 Å². The molecule has 4 nitrogen and oxygen atoms in total. The summed E-state index contributed by atoms with van der Waals surface area (Å²) in [7, 11) is 1.39. The van der Waals surface area contributed by atoms with Crippen LogP contribution in [0.25, 0.3) is 0 Å². The molecule has 0 aliphatic carbocycles. The van der Waals surface area contributed by atoms with Crippen LogP contribution < -0.4 is 5.32 Å². The third-order valence-electron chi connectivity index (χ3n) is 2.32. The van der Waals surface area contributed by atoms with Gasteiger partial charge in [0.15, 0.2) is 0 Å². The highest BCUT2D eigenvalue weighted by Gasteiger charge is 2.30. The molecule has 2 heterocycles. The fourth-order valence-electron chi connectivity index (χ4n) is 1.58. The van der Waals surface area contributed by atoms with Gasteiger partial charge in [0.1, 0.15) is 6.17 Å². The van der Waals surface area contributed by atoms with Crippen LogP contribution in [0.1, 0.15) is 0 Å². The van der Waals surface area contributed by atoms with Crippen molar-refractivity contribution in [2.75, 3.05) is 13.7 Å². The van der Waals surface area contributed by atoms with Crippen molar-refractivity contribution >= 4 is 21.9 Å². The fourth-order valence-corrected chi connectivity index (χ4v) is 2.16. The second-order valence-electron chi connectivity index (χ2n) is 3.16. The predicted molar refractivity (Wildman–Crippen MR) is 55.6 cm³/mol. The molecule has 0 aromatic rings. The quantitative estimate of drug-likeness (QED) is 0.424. The van der Waals surface area contributed by atoms with Crippen LogP contribution in [0.2, 0.25) is 0 Å². The lowest BCUT2D eigenvalue weighted by Crippen LogP contribution is -2.34. The van der Waals surface area contributed by atoms with E-state index in [4.69, 9.17) is 0 Å². The first-order valence-corrected chi connectivity index (χ1v) is 5.27. The molecule has 2 rings (SSSR count). The molecule has 0 amide bonds. The van der Waals surface area contributed by atoms with E-state index in [2.05, 4.69) is 30.9 Å². The van der Waals surface area contributed by atoms with Crippen molar-refractivity contribution in [3.05, 3.63) is 23.9 Å². The third kappa shape index (κ3) is 1.57. The standard InChI is InChI=1S/C9H11BrN2O2/c1-14-9(13)6-2-3-12-7(10)5-11-8(12)4-6/h2-4,7-8,11H,5H2,1H3/t7-,8-/m0/s1. The molecule has 5 heteroatoms. The maximum Gasteiger partial charge on any atom is 0.337 e. The molecule has 1 N–H and O–H groups in total. The lowest BCUT2D eigenvalue weighted by molar-refractivity contribution is -0.135. The van der Waals surface area contributed by atoms with Gasteiger partial charge in [0.05, 0.1) is 17.6 Å². The molecule has 2 aliphatic heterocycles. The molecule has 0 spiro atoms. The van der Waals surface area contributed by atoms with E-state index in [-0.39, 0.29) is 12.1 Å². The minimum absolute atomic E-state index is 0.0958. The van der Waals surface area contributed by atoms with Crippen LogP contribution in [0.4, 0.5) is 0 Å². The number of carbonyl (C=O) groups is 1. The van der Waals surface area contributed by atoms with Gasteiger partial charge in [0.2, 0.25) is 0 Å². The van der Waals surface area contributed by atoms with E-state index >= 15 is 0 Å². The maximum absolute atomic E-state index is 11.2. The Morgan fingerprint density at radius 2 is 2.57 bits per heavy atom. The summed E-state index contributed by atoms with van der Waals surface area (Å²) in [5.41, 5.74) is 0.600. The number of alkyl halides is 1. The highest BCUT2D eigenvalue weighted by Crippen LogP contribution is 2.23. The molecule has 0 unspecified atom stereocenters. The van der Waals surface area contributed by atoms with Gasteiger partial charge in [-0.05, 0) is 12.2 Å². The van der Waals surface area contributed by atoms with Crippen molar-refractivity contribution in [3.8, 4) is 0 Å². The normalized spacial score (nSPS) is 29.9. The average Bonchev–Trinajstić information content (AvgIpc) is 2.59. The van der Waals surface area contributed by atoms with Crippen LogP contribution in [-0.4, -0.2) is 35.6 Å². The molecule has 0 bridgehead atoms. The smallest absolute Gasteiger partial charge is 0.337 e. The number of hydrogen-bond acceptors (Lipinski definition) is 4. The molecule has 76 valence electrons. The maximum atomic E-state index is 11.2. The van der Waals surface area contributed by atoms with Crippen molar-refractivity contribution in [3.63, 3.8) is 0 Å². The lowest BCUT2D eigenvalue weighted by atomic mass is 10.1. The van der Waals surface area contributed by atoms with Crippen LogP contribution in [0.3, 0.4) is 0 Å². The number of nitrogens with one attached hydrogen (secondary N) is 1. The zero-order chi connectivity index (χ0) is 10.1. The van der Waals surface area contributed by atoms with Gasteiger partial charge >= 0.3 is 5.97 Å². The zero-order valence-corrected chi connectivity index (χ0v) is 9.32. The molecule has 2 atom stereocenters. The minimum Gasteiger partial charge on any atom is -0.465 e. The van der Waals surface area contributed by atoms with E-state index in [9.17, 15) is 4.79 Å². The third-order valence-corrected chi connectivity index (χ3v) is 3.12. The van der Waals surface area contributed by atoms with Gasteiger partial charge in [-0.3, -0.25) is 5.32 Å². The predicted octanol–water partition coefficient (Wildman–Crippen LogP) is 0.565. The van der Waals surface area contributed by atoms with E-state index in [1.807, 2.05) is 12.3 Å². The fraction of sp³-hybridized carbons (Fsp3) is 0.444. The topological polar surface area (TPSA) is 41.6 Å². The molecule has 1 saturated heterocycles. The summed E-state index contributed by atoms with van der Waals surface area (Å²) in [6.07, 6.45) is 5.63. The summed E-state index contributed by atoms with van der Waals surface area (Å²) in [6.45, 7) is 0.861. The van der Waals surface area contributed by atoms with Crippen LogP contribution in [-0.2, 0) is 9.53 Å². The lowest BCUT2D eigenvalue weighted by Gasteiger charge is -2.25. The Balaban J connectivity index is 2.16. The number of fused-ring (bicyclic) bond motifs is 1. The summed E-state index contributed by atoms with van der Waals surface area (Å²) in [5, 5.41) is 3.26. The molecule has 2 aliphatic rings. The summed E-state index contributed by atoms with van der Waals surface area (Å²) in [6, 6.07) is 0. The van der Waals surface area contributed by atoms with Gasteiger partial charge in [-0.15, -0.1) is 0 Å². The van der Waals surface area contributed by atoms with E-state index < -0.39 is 0 Å². The average molecular weight is 259 g/mol. The molecule has 0 saturated carbocycles. The molecule has 14 heavy (non-hydrogen) atoms. The Kier molecular flexibility index (Phi) is 2.60. The van der Waals surface area contributed by atoms with E-state index in [0.29, 0.717) is 10.5 Å². The van der Waals surface area contributed by atoms with Gasteiger partial charge < -0.3 is 9.64 Å². The number of methoxy groups -OCH3 is 1. The summed E-state index contributed by atoms with van der Waals surface area (Å²) < 4.78 is 4.65. The first kappa shape index (κ1) is 9.73.